The summed E-state index contributed by atoms with van der Waals surface area (Å²) in [5, 5.41) is 14.1. The number of amides is 1. The van der Waals surface area contributed by atoms with Gasteiger partial charge in [-0.2, -0.15) is 0 Å². The Labute approximate surface area is 137 Å². The highest BCUT2D eigenvalue weighted by molar-refractivity contribution is 7.20. The smallest absolute Gasteiger partial charge is 0.280 e. The average Bonchev–Trinajstić information content (AvgIpc) is 3.12. The van der Waals surface area contributed by atoms with Gasteiger partial charge >= 0.3 is 0 Å². The molecule has 1 amide bonds. The highest BCUT2D eigenvalue weighted by Gasteiger charge is 2.47. The highest BCUT2D eigenvalue weighted by atomic mass is 32.1. The van der Waals surface area contributed by atoms with Crippen molar-refractivity contribution >= 4 is 27.5 Å². The van der Waals surface area contributed by atoms with Crippen molar-refractivity contribution in [2.24, 2.45) is 5.92 Å². The lowest BCUT2D eigenvalue weighted by Gasteiger charge is -2.26. The second kappa shape index (κ2) is 5.47. The minimum Gasteiger partial charge on any atom is -0.466 e. The predicted octanol–water partition coefficient (Wildman–Crippen LogP) is 2.92. The summed E-state index contributed by atoms with van der Waals surface area (Å²) < 4.78 is 6.34. The summed E-state index contributed by atoms with van der Waals surface area (Å²) in [5.41, 5.74) is -0.332. The van der Waals surface area contributed by atoms with Crippen LogP contribution in [0.3, 0.4) is 0 Å². The van der Waals surface area contributed by atoms with Crippen molar-refractivity contribution in [3.63, 3.8) is 0 Å². The third-order valence-electron chi connectivity index (χ3n) is 4.21. The Morgan fingerprint density at radius 1 is 1.35 bits per heavy atom. The first-order valence-electron chi connectivity index (χ1n) is 7.57. The topological polar surface area (TPSA) is 75.4 Å². The second-order valence-electron chi connectivity index (χ2n) is 5.85. The third kappa shape index (κ3) is 2.64. The van der Waals surface area contributed by atoms with Crippen LogP contribution in [0.1, 0.15) is 28.4 Å². The molecular formula is C17H16N2O3S. The van der Waals surface area contributed by atoms with E-state index < -0.39 is 5.60 Å². The molecule has 1 saturated carbocycles. The maximum Gasteiger partial charge on any atom is 0.280 e. The van der Waals surface area contributed by atoms with E-state index >= 15 is 0 Å². The number of para-hydroxylation sites is 1. The zero-order valence-electron chi connectivity index (χ0n) is 12.4. The molecule has 1 atom stereocenters. The van der Waals surface area contributed by atoms with Gasteiger partial charge in [-0.3, -0.25) is 4.79 Å². The van der Waals surface area contributed by atoms with E-state index in [0.717, 1.165) is 23.1 Å². The minimum atomic E-state index is -1.14. The Kier molecular flexibility index (Phi) is 3.43. The lowest BCUT2D eigenvalue weighted by molar-refractivity contribution is -0.00610. The number of nitrogens with one attached hydrogen (secondary N) is 1. The van der Waals surface area contributed by atoms with E-state index in [0.29, 0.717) is 10.8 Å². The molecule has 0 radical (unpaired) electrons. The summed E-state index contributed by atoms with van der Waals surface area (Å²) in [6, 6.07) is 11.1. The predicted molar refractivity (Wildman–Crippen MR) is 87.3 cm³/mol. The Bertz CT molecular complexity index is 806. The van der Waals surface area contributed by atoms with Crippen LogP contribution in [0.15, 0.2) is 47.1 Å². The summed E-state index contributed by atoms with van der Waals surface area (Å²) in [6.45, 7) is 0.125. The largest absolute Gasteiger partial charge is 0.466 e. The van der Waals surface area contributed by atoms with Gasteiger partial charge in [-0.25, -0.2) is 4.98 Å². The van der Waals surface area contributed by atoms with Gasteiger partial charge in [0.1, 0.15) is 11.4 Å². The maximum absolute atomic E-state index is 12.4. The SMILES string of the molecule is O=C(NC[C@](O)(c1ccco1)C1CC1)c1nc2ccccc2s1. The van der Waals surface area contributed by atoms with Gasteiger partial charge in [-0.05, 0) is 43.0 Å². The molecular weight excluding hydrogens is 312 g/mol. The van der Waals surface area contributed by atoms with Gasteiger partial charge in [0.05, 0.1) is 23.0 Å². The first-order chi connectivity index (χ1) is 11.2. The fraction of sp³-hybridized carbons (Fsp3) is 0.294. The molecule has 0 saturated heterocycles. The van der Waals surface area contributed by atoms with Crippen LogP contribution in [0.4, 0.5) is 0 Å². The molecule has 0 bridgehead atoms. The number of hydrogen-bond donors (Lipinski definition) is 2. The van der Waals surface area contributed by atoms with Crippen LogP contribution in [-0.4, -0.2) is 22.5 Å². The number of benzene rings is 1. The number of nitrogens with zero attached hydrogens (tertiary/aromatic N) is 1. The number of hydrogen-bond acceptors (Lipinski definition) is 5. The molecule has 1 aromatic carbocycles. The van der Waals surface area contributed by atoms with Gasteiger partial charge < -0.3 is 14.8 Å². The summed E-state index contributed by atoms with van der Waals surface area (Å²) in [5.74, 6) is 0.366. The number of rotatable bonds is 5. The first-order valence-corrected chi connectivity index (χ1v) is 8.38. The van der Waals surface area contributed by atoms with Gasteiger partial charge in [-0.15, -0.1) is 11.3 Å². The van der Waals surface area contributed by atoms with E-state index in [-0.39, 0.29) is 18.4 Å². The van der Waals surface area contributed by atoms with Gasteiger partial charge in [0.25, 0.3) is 5.91 Å². The second-order valence-corrected chi connectivity index (χ2v) is 6.88. The van der Waals surface area contributed by atoms with Crippen molar-refractivity contribution in [3.8, 4) is 0 Å². The highest BCUT2D eigenvalue weighted by Crippen LogP contribution is 2.45. The van der Waals surface area contributed by atoms with E-state index in [1.54, 1.807) is 12.1 Å². The number of aliphatic hydroxyl groups is 1. The average molecular weight is 328 g/mol. The molecule has 0 unspecified atom stereocenters. The van der Waals surface area contributed by atoms with Crippen molar-refractivity contribution in [2.45, 2.75) is 18.4 Å². The molecule has 118 valence electrons. The Morgan fingerprint density at radius 3 is 2.87 bits per heavy atom. The van der Waals surface area contributed by atoms with Crippen LogP contribution in [0.5, 0.6) is 0 Å². The van der Waals surface area contributed by atoms with Gasteiger partial charge in [0, 0.05) is 0 Å². The molecule has 5 nitrogen and oxygen atoms in total. The first kappa shape index (κ1) is 14.4. The van der Waals surface area contributed by atoms with Gasteiger partial charge in [0.2, 0.25) is 0 Å². The number of fused-ring (bicyclic) bond motifs is 1. The number of aromatic nitrogens is 1. The number of carbonyl (C=O) groups excluding carboxylic acids is 1. The molecule has 23 heavy (non-hydrogen) atoms. The normalized spacial score (nSPS) is 17.1. The van der Waals surface area contributed by atoms with E-state index in [9.17, 15) is 9.90 Å². The van der Waals surface area contributed by atoms with Crippen molar-refractivity contribution in [3.05, 3.63) is 53.4 Å². The summed E-state index contributed by atoms with van der Waals surface area (Å²) in [4.78, 5) is 16.7. The Balaban J connectivity index is 1.52. The van der Waals surface area contributed by atoms with Crippen LogP contribution < -0.4 is 5.32 Å². The van der Waals surface area contributed by atoms with Crippen LogP contribution in [0.25, 0.3) is 10.2 Å². The molecule has 2 heterocycles. The zero-order chi connectivity index (χ0) is 15.9. The van der Waals surface area contributed by atoms with Crippen molar-refractivity contribution in [1.29, 1.82) is 0 Å². The Morgan fingerprint density at radius 2 is 2.17 bits per heavy atom. The summed E-state index contributed by atoms with van der Waals surface area (Å²) in [7, 11) is 0. The number of thiazole rings is 1. The molecule has 1 aliphatic carbocycles. The lowest BCUT2D eigenvalue weighted by atomic mass is 9.94. The van der Waals surface area contributed by atoms with Crippen LogP contribution in [0, 0.1) is 5.92 Å². The van der Waals surface area contributed by atoms with Crippen LogP contribution in [0.2, 0.25) is 0 Å². The van der Waals surface area contributed by atoms with E-state index in [4.69, 9.17) is 4.42 Å². The zero-order valence-corrected chi connectivity index (χ0v) is 13.2. The molecule has 2 aromatic heterocycles. The van der Waals surface area contributed by atoms with E-state index in [1.165, 1.54) is 17.6 Å². The molecule has 4 rings (SSSR count). The third-order valence-corrected chi connectivity index (χ3v) is 5.24. The monoisotopic (exact) mass is 328 g/mol. The molecule has 1 fully saturated rings. The van der Waals surface area contributed by atoms with Crippen molar-refractivity contribution in [2.75, 3.05) is 6.54 Å². The summed E-state index contributed by atoms with van der Waals surface area (Å²) >= 11 is 1.35. The molecule has 6 heteroatoms. The fourth-order valence-electron chi connectivity index (χ4n) is 2.78. The van der Waals surface area contributed by atoms with Crippen LogP contribution in [-0.2, 0) is 5.60 Å². The van der Waals surface area contributed by atoms with Crippen molar-refractivity contribution < 1.29 is 14.3 Å². The minimum absolute atomic E-state index is 0.125. The number of furan rings is 1. The van der Waals surface area contributed by atoms with Gasteiger partial charge in [0.15, 0.2) is 5.01 Å². The molecule has 3 aromatic rings. The lowest BCUT2D eigenvalue weighted by Crippen LogP contribution is -2.42. The quantitative estimate of drug-likeness (QED) is 0.755. The fourth-order valence-corrected chi connectivity index (χ4v) is 3.66. The van der Waals surface area contributed by atoms with Crippen LogP contribution >= 0.6 is 11.3 Å². The maximum atomic E-state index is 12.4. The van der Waals surface area contributed by atoms with Crippen molar-refractivity contribution in [1.82, 2.24) is 10.3 Å². The summed E-state index contributed by atoms with van der Waals surface area (Å²) in [6.07, 6.45) is 3.42. The molecule has 2 N–H and O–H groups in total. The van der Waals surface area contributed by atoms with Gasteiger partial charge in [-0.1, -0.05) is 12.1 Å². The Hall–Kier alpha value is -2.18. The number of carbonyl (C=O) groups is 1. The molecule has 1 aliphatic rings. The van der Waals surface area contributed by atoms with E-state index in [1.807, 2.05) is 24.3 Å². The standard InChI is InChI=1S/C17H16N2O3S/c20-15(16-19-12-4-1-2-5-13(12)23-16)18-10-17(21,11-7-8-11)14-6-3-9-22-14/h1-6,9,11,21H,7-8,10H2,(H,18,20)/t17-/m1/s1. The van der Waals surface area contributed by atoms with E-state index in [2.05, 4.69) is 10.3 Å². The molecule has 0 aliphatic heterocycles. The molecule has 0 spiro atoms.